The molecule has 0 fully saturated rings. The lowest BCUT2D eigenvalue weighted by molar-refractivity contribution is 0.475. The lowest BCUT2D eigenvalue weighted by atomic mass is 10.1. The quantitative estimate of drug-likeness (QED) is 0.885. The minimum atomic E-state index is -0.235. The number of hydrogen-bond donors (Lipinski definition) is 2. The Labute approximate surface area is 116 Å². The fourth-order valence-corrected chi connectivity index (χ4v) is 2.00. The van der Waals surface area contributed by atoms with Gasteiger partial charge in [0, 0.05) is 12.6 Å². The van der Waals surface area contributed by atoms with Crippen LogP contribution in [-0.2, 0) is 6.54 Å². The van der Waals surface area contributed by atoms with Gasteiger partial charge in [-0.3, -0.25) is 0 Å². The Hall–Kier alpha value is -1.58. The van der Waals surface area contributed by atoms with Gasteiger partial charge < -0.3 is 10.4 Å². The summed E-state index contributed by atoms with van der Waals surface area (Å²) in [5, 5.41) is 13.0. The van der Waals surface area contributed by atoms with E-state index in [2.05, 4.69) is 5.32 Å². The molecule has 0 heterocycles. The molecule has 0 unspecified atom stereocenters. The van der Waals surface area contributed by atoms with Gasteiger partial charge >= 0.3 is 0 Å². The van der Waals surface area contributed by atoms with Gasteiger partial charge in [-0.1, -0.05) is 29.8 Å². The molecule has 4 heteroatoms. The third-order valence-electron chi connectivity index (χ3n) is 2.99. The summed E-state index contributed by atoms with van der Waals surface area (Å²) in [6.07, 6.45) is 0. The van der Waals surface area contributed by atoms with Crippen molar-refractivity contribution in [3.63, 3.8) is 0 Å². The first-order chi connectivity index (χ1) is 9.06. The van der Waals surface area contributed by atoms with E-state index in [-0.39, 0.29) is 17.6 Å². The minimum absolute atomic E-state index is 0.0806. The zero-order valence-corrected chi connectivity index (χ0v) is 11.3. The van der Waals surface area contributed by atoms with Crippen molar-refractivity contribution in [1.29, 1.82) is 0 Å². The highest BCUT2D eigenvalue weighted by Gasteiger charge is 2.06. The van der Waals surface area contributed by atoms with E-state index in [1.807, 2.05) is 13.0 Å². The van der Waals surface area contributed by atoms with Gasteiger partial charge in [-0.25, -0.2) is 4.39 Å². The van der Waals surface area contributed by atoms with Crippen LogP contribution in [0.25, 0.3) is 0 Å². The number of benzene rings is 2. The highest BCUT2D eigenvalue weighted by molar-refractivity contribution is 6.32. The molecule has 2 aromatic rings. The van der Waals surface area contributed by atoms with Gasteiger partial charge in [0.2, 0.25) is 0 Å². The van der Waals surface area contributed by atoms with Crippen LogP contribution in [0.3, 0.4) is 0 Å². The van der Waals surface area contributed by atoms with Crippen LogP contribution in [0.1, 0.15) is 24.1 Å². The smallest absolute Gasteiger partial charge is 0.134 e. The van der Waals surface area contributed by atoms with Crippen LogP contribution in [0.2, 0.25) is 5.02 Å². The van der Waals surface area contributed by atoms with Crippen molar-refractivity contribution >= 4 is 11.6 Å². The minimum Gasteiger partial charge on any atom is -0.506 e. The summed E-state index contributed by atoms with van der Waals surface area (Å²) in [6, 6.07) is 11.6. The first kappa shape index (κ1) is 13.8. The lowest BCUT2D eigenvalue weighted by Crippen LogP contribution is -2.18. The molecule has 2 rings (SSSR count). The maximum absolute atomic E-state index is 12.8. The second-order valence-electron chi connectivity index (χ2n) is 4.44. The lowest BCUT2D eigenvalue weighted by Gasteiger charge is -2.14. The highest BCUT2D eigenvalue weighted by atomic mass is 35.5. The van der Waals surface area contributed by atoms with Crippen LogP contribution in [0, 0.1) is 5.82 Å². The molecule has 0 spiro atoms. The zero-order valence-electron chi connectivity index (χ0n) is 10.5. The number of rotatable bonds is 4. The summed E-state index contributed by atoms with van der Waals surface area (Å²) in [6.45, 7) is 2.63. The summed E-state index contributed by atoms with van der Waals surface area (Å²) in [7, 11) is 0. The van der Waals surface area contributed by atoms with E-state index in [9.17, 15) is 9.50 Å². The van der Waals surface area contributed by atoms with Gasteiger partial charge in [-0.05, 0) is 42.3 Å². The molecule has 0 aromatic heterocycles. The van der Waals surface area contributed by atoms with Gasteiger partial charge in [0.05, 0.1) is 5.02 Å². The Balaban J connectivity index is 1.98. The van der Waals surface area contributed by atoms with E-state index in [4.69, 9.17) is 11.6 Å². The molecule has 0 aliphatic carbocycles. The Bertz CT molecular complexity index is 557. The second kappa shape index (κ2) is 6.04. The van der Waals surface area contributed by atoms with Crippen LogP contribution in [0.5, 0.6) is 5.75 Å². The van der Waals surface area contributed by atoms with Crippen LogP contribution in [-0.4, -0.2) is 5.11 Å². The van der Waals surface area contributed by atoms with Crippen molar-refractivity contribution < 1.29 is 9.50 Å². The topological polar surface area (TPSA) is 32.3 Å². The molecule has 2 nitrogen and oxygen atoms in total. The summed E-state index contributed by atoms with van der Waals surface area (Å²) in [5.41, 5.74) is 2.00. The molecule has 100 valence electrons. The van der Waals surface area contributed by atoms with Crippen molar-refractivity contribution in [2.45, 2.75) is 19.5 Å². The van der Waals surface area contributed by atoms with E-state index in [0.717, 1.165) is 11.1 Å². The van der Waals surface area contributed by atoms with Crippen molar-refractivity contribution in [3.8, 4) is 5.75 Å². The maximum atomic E-state index is 12.8. The van der Waals surface area contributed by atoms with E-state index in [1.165, 1.54) is 12.1 Å². The molecule has 2 N–H and O–H groups in total. The summed E-state index contributed by atoms with van der Waals surface area (Å²) >= 11 is 5.84. The Morgan fingerprint density at radius 3 is 2.53 bits per heavy atom. The Morgan fingerprint density at radius 1 is 1.21 bits per heavy atom. The van der Waals surface area contributed by atoms with Crippen molar-refractivity contribution in [2.75, 3.05) is 0 Å². The number of phenolic OH excluding ortho intramolecular Hbond substituents is 1. The third-order valence-corrected chi connectivity index (χ3v) is 3.30. The predicted molar refractivity (Wildman–Crippen MR) is 74.8 cm³/mol. The van der Waals surface area contributed by atoms with Crippen LogP contribution < -0.4 is 5.32 Å². The van der Waals surface area contributed by atoms with Crippen molar-refractivity contribution in [1.82, 2.24) is 5.32 Å². The van der Waals surface area contributed by atoms with E-state index < -0.39 is 0 Å². The zero-order chi connectivity index (χ0) is 13.8. The van der Waals surface area contributed by atoms with E-state index in [0.29, 0.717) is 11.6 Å². The van der Waals surface area contributed by atoms with Gasteiger partial charge in [0.15, 0.2) is 0 Å². The van der Waals surface area contributed by atoms with Gasteiger partial charge in [-0.15, -0.1) is 0 Å². The van der Waals surface area contributed by atoms with Gasteiger partial charge in [0.1, 0.15) is 11.6 Å². The highest BCUT2D eigenvalue weighted by Crippen LogP contribution is 2.24. The molecular formula is C15H15ClFNO. The Morgan fingerprint density at radius 2 is 1.89 bits per heavy atom. The number of nitrogens with one attached hydrogen (secondary N) is 1. The molecule has 0 saturated carbocycles. The van der Waals surface area contributed by atoms with Gasteiger partial charge in [-0.2, -0.15) is 0 Å². The monoisotopic (exact) mass is 279 g/mol. The maximum Gasteiger partial charge on any atom is 0.134 e. The van der Waals surface area contributed by atoms with Crippen LogP contribution >= 0.6 is 11.6 Å². The largest absolute Gasteiger partial charge is 0.506 e. The number of halogens is 2. The molecule has 0 amide bonds. The third kappa shape index (κ3) is 3.69. The van der Waals surface area contributed by atoms with Crippen molar-refractivity contribution in [3.05, 3.63) is 64.4 Å². The predicted octanol–water partition coefficient (Wildman–Crippen LogP) is 4.04. The molecule has 19 heavy (non-hydrogen) atoms. The number of aromatic hydroxyl groups is 1. The van der Waals surface area contributed by atoms with Crippen molar-refractivity contribution in [2.24, 2.45) is 0 Å². The Kier molecular flexibility index (Phi) is 4.40. The number of hydrogen-bond acceptors (Lipinski definition) is 2. The summed E-state index contributed by atoms with van der Waals surface area (Å²) in [5.74, 6) is -0.154. The van der Waals surface area contributed by atoms with Crippen LogP contribution in [0.15, 0.2) is 42.5 Å². The molecular weight excluding hydrogens is 265 g/mol. The fourth-order valence-electron chi connectivity index (χ4n) is 1.80. The van der Waals surface area contributed by atoms with Crippen LogP contribution in [0.4, 0.5) is 4.39 Å². The average Bonchev–Trinajstić information content (AvgIpc) is 2.40. The fraction of sp³-hybridized carbons (Fsp3) is 0.200. The van der Waals surface area contributed by atoms with E-state index >= 15 is 0 Å². The normalized spacial score (nSPS) is 12.4. The molecule has 2 aromatic carbocycles. The standard InChI is InChI=1S/C15H15ClFNO/c1-10(12-3-5-13(17)6-4-12)18-9-11-2-7-15(19)14(16)8-11/h2-8,10,18-19H,9H2,1H3/t10-/m1/s1. The number of phenols is 1. The van der Waals surface area contributed by atoms with E-state index in [1.54, 1.807) is 24.3 Å². The first-order valence-corrected chi connectivity index (χ1v) is 6.40. The molecule has 0 radical (unpaired) electrons. The first-order valence-electron chi connectivity index (χ1n) is 6.02. The average molecular weight is 280 g/mol. The second-order valence-corrected chi connectivity index (χ2v) is 4.85. The molecule has 1 atom stereocenters. The summed E-state index contributed by atoms with van der Waals surface area (Å²) < 4.78 is 12.8. The molecule has 0 saturated heterocycles. The molecule has 0 bridgehead atoms. The summed E-state index contributed by atoms with van der Waals surface area (Å²) in [4.78, 5) is 0. The SMILES string of the molecule is C[C@@H](NCc1ccc(O)c(Cl)c1)c1ccc(F)cc1. The molecule has 0 aliphatic rings. The molecule has 0 aliphatic heterocycles. The van der Waals surface area contributed by atoms with Gasteiger partial charge in [0.25, 0.3) is 0 Å².